The van der Waals surface area contributed by atoms with Crippen molar-refractivity contribution in [1.29, 1.82) is 0 Å². The minimum atomic E-state index is 0.0760. The molecule has 2 atom stereocenters. The summed E-state index contributed by atoms with van der Waals surface area (Å²) in [4.78, 5) is 17.0. The minimum Gasteiger partial charge on any atom is -0.396 e. The van der Waals surface area contributed by atoms with Crippen LogP contribution in [0, 0.1) is 11.8 Å². The van der Waals surface area contributed by atoms with Gasteiger partial charge in [-0.15, -0.1) is 0 Å². The van der Waals surface area contributed by atoms with E-state index in [1.165, 1.54) is 19.3 Å². The lowest BCUT2D eigenvalue weighted by Gasteiger charge is -2.40. The van der Waals surface area contributed by atoms with Gasteiger partial charge in [-0.25, -0.2) is 4.79 Å². The molecule has 24 heavy (non-hydrogen) atoms. The molecule has 2 heterocycles. The Morgan fingerprint density at radius 3 is 2.50 bits per heavy atom. The Kier molecular flexibility index (Phi) is 6.75. The number of morpholine rings is 1. The zero-order valence-corrected chi connectivity index (χ0v) is 14.8. The van der Waals surface area contributed by atoms with Gasteiger partial charge in [-0.3, -0.25) is 4.90 Å². The van der Waals surface area contributed by atoms with Gasteiger partial charge in [0, 0.05) is 51.3 Å². The Morgan fingerprint density at radius 2 is 1.79 bits per heavy atom. The van der Waals surface area contributed by atoms with Crippen LogP contribution in [0.15, 0.2) is 0 Å². The highest BCUT2D eigenvalue weighted by Crippen LogP contribution is 2.24. The summed E-state index contributed by atoms with van der Waals surface area (Å²) in [6, 6.07) is 0.422. The number of likely N-dealkylation sites (tertiary alicyclic amines) is 1. The van der Waals surface area contributed by atoms with Crippen molar-refractivity contribution in [2.45, 2.75) is 44.6 Å². The van der Waals surface area contributed by atoms with Crippen molar-refractivity contribution in [3.05, 3.63) is 0 Å². The lowest BCUT2D eigenvalue weighted by molar-refractivity contribution is 0.0172. The van der Waals surface area contributed by atoms with Crippen molar-refractivity contribution < 1.29 is 14.6 Å². The fourth-order valence-electron chi connectivity index (χ4n) is 4.41. The van der Waals surface area contributed by atoms with Crippen LogP contribution >= 0.6 is 0 Å². The van der Waals surface area contributed by atoms with Crippen LogP contribution in [0.3, 0.4) is 0 Å². The largest absolute Gasteiger partial charge is 0.396 e. The summed E-state index contributed by atoms with van der Waals surface area (Å²) in [7, 11) is 0. The summed E-state index contributed by atoms with van der Waals surface area (Å²) in [5, 5.41) is 12.9. The molecule has 6 nitrogen and oxygen atoms in total. The Bertz CT molecular complexity index is 395. The van der Waals surface area contributed by atoms with Gasteiger partial charge in [0.1, 0.15) is 0 Å². The monoisotopic (exact) mass is 339 g/mol. The molecule has 0 aromatic rings. The highest BCUT2D eigenvalue weighted by molar-refractivity contribution is 5.74. The zero-order chi connectivity index (χ0) is 16.8. The highest BCUT2D eigenvalue weighted by Gasteiger charge is 2.31. The van der Waals surface area contributed by atoms with Crippen molar-refractivity contribution in [2.24, 2.45) is 11.8 Å². The van der Waals surface area contributed by atoms with Crippen molar-refractivity contribution in [2.75, 3.05) is 52.5 Å². The number of ether oxygens (including phenoxy) is 1. The first kappa shape index (κ1) is 18.0. The molecule has 6 heteroatoms. The third-order valence-corrected chi connectivity index (χ3v) is 5.72. The predicted octanol–water partition coefficient (Wildman–Crippen LogP) is 1.29. The number of piperidine rings is 1. The third kappa shape index (κ3) is 5.07. The Morgan fingerprint density at radius 1 is 1.08 bits per heavy atom. The molecular weight excluding hydrogens is 306 g/mol. The number of hydrogen-bond acceptors (Lipinski definition) is 4. The maximum absolute atomic E-state index is 12.7. The number of urea groups is 1. The SMILES string of the molecule is O=C(NC1CCCCC1)N1C[C@@H](CN2CCOCC2)C[C@H](CO)C1. The highest BCUT2D eigenvalue weighted by atomic mass is 16.5. The molecule has 2 aliphatic heterocycles. The van der Waals surface area contributed by atoms with Crippen LogP contribution in [-0.2, 0) is 4.74 Å². The van der Waals surface area contributed by atoms with Crippen LogP contribution in [0.2, 0.25) is 0 Å². The second kappa shape index (κ2) is 9.02. The van der Waals surface area contributed by atoms with Crippen molar-refractivity contribution >= 4 is 6.03 Å². The van der Waals surface area contributed by atoms with E-state index in [0.29, 0.717) is 18.5 Å². The van der Waals surface area contributed by atoms with E-state index in [9.17, 15) is 9.90 Å². The first-order chi connectivity index (χ1) is 11.7. The fraction of sp³-hybridized carbons (Fsp3) is 0.944. The number of carbonyl (C=O) groups is 1. The van der Waals surface area contributed by atoms with Crippen LogP contribution in [0.1, 0.15) is 38.5 Å². The van der Waals surface area contributed by atoms with E-state index in [1.54, 1.807) is 0 Å². The van der Waals surface area contributed by atoms with Crippen LogP contribution in [0.4, 0.5) is 4.79 Å². The smallest absolute Gasteiger partial charge is 0.317 e. The van der Waals surface area contributed by atoms with Crippen molar-refractivity contribution in [3.8, 4) is 0 Å². The van der Waals surface area contributed by atoms with Gasteiger partial charge in [0.2, 0.25) is 0 Å². The second-order valence-corrected chi connectivity index (χ2v) is 7.75. The molecule has 0 aromatic heterocycles. The third-order valence-electron chi connectivity index (χ3n) is 5.72. The quantitative estimate of drug-likeness (QED) is 0.810. The van der Waals surface area contributed by atoms with E-state index >= 15 is 0 Å². The number of amides is 2. The standard InChI is InChI=1S/C18H33N3O3/c22-14-16-10-15(11-20-6-8-24-9-7-20)12-21(13-16)18(23)19-17-4-2-1-3-5-17/h15-17,22H,1-14H2,(H,19,23)/t15-,16+/m1/s1. The normalized spacial score (nSPS) is 30.3. The van der Waals surface area contributed by atoms with E-state index in [2.05, 4.69) is 10.2 Å². The van der Waals surface area contributed by atoms with E-state index < -0.39 is 0 Å². The molecule has 138 valence electrons. The lowest BCUT2D eigenvalue weighted by Crippen LogP contribution is -2.53. The summed E-state index contributed by atoms with van der Waals surface area (Å²) in [5.41, 5.74) is 0. The Labute approximate surface area is 145 Å². The Balaban J connectivity index is 1.52. The number of rotatable bonds is 4. The average molecular weight is 339 g/mol. The van der Waals surface area contributed by atoms with E-state index in [1.807, 2.05) is 4.90 Å². The molecule has 1 saturated carbocycles. The fourth-order valence-corrected chi connectivity index (χ4v) is 4.41. The summed E-state index contributed by atoms with van der Waals surface area (Å²) < 4.78 is 5.42. The number of nitrogens with one attached hydrogen (secondary N) is 1. The lowest BCUT2D eigenvalue weighted by atomic mass is 9.89. The summed E-state index contributed by atoms with van der Waals surface area (Å²) in [6.07, 6.45) is 6.99. The van der Waals surface area contributed by atoms with Crippen LogP contribution in [0.5, 0.6) is 0 Å². The molecular formula is C18H33N3O3. The minimum absolute atomic E-state index is 0.0760. The van der Waals surface area contributed by atoms with Crippen molar-refractivity contribution in [1.82, 2.24) is 15.1 Å². The molecule has 1 aliphatic carbocycles. The van der Waals surface area contributed by atoms with Gasteiger partial charge >= 0.3 is 6.03 Å². The van der Waals surface area contributed by atoms with Gasteiger partial charge in [-0.2, -0.15) is 0 Å². The van der Waals surface area contributed by atoms with Gasteiger partial charge < -0.3 is 20.1 Å². The molecule has 0 aromatic carbocycles. The van der Waals surface area contributed by atoms with Gasteiger partial charge in [0.25, 0.3) is 0 Å². The second-order valence-electron chi connectivity index (χ2n) is 7.75. The molecule has 0 spiro atoms. The maximum Gasteiger partial charge on any atom is 0.317 e. The predicted molar refractivity (Wildman–Crippen MR) is 92.9 cm³/mol. The first-order valence-electron chi connectivity index (χ1n) is 9.71. The number of aliphatic hydroxyl groups is 1. The van der Waals surface area contributed by atoms with Crippen LogP contribution < -0.4 is 5.32 Å². The molecule has 0 bridgehead atoms. The molecule has 2 saturated heterocycles. The van der Waals surface area contributed by atoms with Gasteiger partial charge in [0.15, 0.2) is 0 Å². The molecule has 2 amide bonds. The molecule has 3 rings (SSSR count). The molecule has 0 unspecified atom stereocenters. The number of hydrogen-bond donors (Lipinski definition) is 2. The van der Waals surface area contributed by atoms with Gasteiger partial charge in [-0.05, 0) is 25.2 Å². The van der Waals surface area contributed by atoms with Gasteiger partial charge in [0.05, 0.1) is 13.2 Å². The summed E-state index contributed by atoms with van der Waals surface area (Å²) in [6.45, 7) is 6.26. The number of carbonyl (C=O) groups excluding carboxylic acids is 1. The maximum atomic E-state index is 12.7. The van der Waals surface area contributed by atoms with E-state index in [4.69, 9.17) is 4.74 Å². The zero-order valence-electron chi connectivity index (χ0n) is 14.8. The number of nitrogens with zero attached hydrogens (tertiary/aromatic N) is 2. The van der Waals surface area contributed by atoms with Crippen LogP contribution in [-0.4, -0.2) is 79.5 Å². The first-order valence-corrected chi connectivity index (χ1v) is 9.71. The summed E-state index contributed by atoms with van der Waals surface area (Å²) >= 11 is 0. The topological polar surface area (TPSA) is 65.0 Å². The average Bonchev–Trinajstić information content (AvgIpc) is 2.63. The van der Waals surface area contributed by atoms with E-state index in [-0.39, 0.29) is 18.6 Å². The summed E-state index contributed by atoms with van der Waals surface area (Å²) in [5.74, 6) is 0.660. The Hall–Kier alpha value is -0.850. The van der Waals surface area contributed by atoms with Gasteiger partial charge in [-0.1, -0.05) is 19.3 Å². The van der Waals surface area contributed by atoms with Crippen molar-refractivity contribution in [3.63, 3.8) is 0 Å². The molecule has 2 N–H and O–H groups in total. The van der Waals surface area contributed by atoms with Crippen LogP contribution in [0.25, 0.3) is 0 Å². The molecule has 3 fully saturated rings. The number of aliphatic hydroxyl groups excluding tert-OH is 1. The molecule has 0 radical (unpaired) electrons. The van der Waals surface area contributed by atoms with E-state index in [0.717, 1.165) is 58.7 Å². The molecule has 3 aliphatic rings.